The zero-order chi connectivity index (χ0) is 19.2. The van der Waals surface area contributed by atoms with E-state index in [1.165, 1.54) is 24.7 Å². The molecule has 3 aromatic rings. The summed E-state index contributed by atoms with van der Waals surface area (Å²) in [5.74, 6) is 0.976. The lowest BCUT2D eigenvalue weighted by Crippen LogP contribution is -2.09. The normalized spacial score (nSPS) is 11.9. The van der Waals surface area contributed by atoms with Crippen LogP contribution in [0.15, 0.2) is 59.5 Å². The lowest BCUT2D eigenvalue weighted by Gasteiger charge is -2.13. The van der Waals surface area contributed by atoms with Crippen molar-refractivity contribution in [3.8, 4) is 16.9 Å². The third kappa shape index (κ3) is 4.03. The fourth-order valence-corrected chi connectivity index (χ4v) is 2.74. The summed E-state index contributed by atoms with van der Waals surface area (Å²) >= 11 is 0. The Bertz CT molecular complexity index is 999. The number of anilines is 1. The zero-order valence-corrected chi connectivity index (χ0v) is 15.1. The number of hydrogen-bond donors (Lipinski definition) is 2. The van der Waals surface area contributed by atoms with Crippen LogP contribution in [-0.4, -0.2) is 36.9 Å². The molecule has 0 atom stereocenters. The van der Waals surface area contributed by atoms with Crippen LogP contribution in [0.5, 0.6) is 5.75 Å². The van der Waals surface area contributed by atoms with Crippen LogP contribution in [0.4, 0.5) is 10.2 Å². The highest BCUT2D eigenvalue weighted by Gasteiger charge is 2.12. The Morgan fingerprint density at radius 2 is 2.00 bits per heavy atom. The van der Waals surface area contributed by atoms with Crippen LogP contribution in [0.25, 0.3) is 22.0 Å². The first-order chi connectivity index (χ1) is 13.2. The SMILES string of the molecule is CN=C/C(=C\N)CNc1ncnc2c(OC)cc(-c3ccc(F)cc3)cc12. The van der Waals surface area contributed by atoms with Crippen LogP contribution in [-0.2, 0) is 0 Å². The second kappa shape index (κ2) is 8.27. The molecule has 0 aliphatic carbocycles. The average molecular weight is 365 g/mol. The van der Waals surface area contributed by atoms with Crippen molar-refractivity contribution in [2.75, 3.05) is 26.0 Å². The maximum atomic E-state index is 13.3. The molecule has 1 aromatic heterocycles. The molecule has 0 radical (unpaired) electrons. The minimum Gasteiger partial charge on any atom is -0.494 e. The number of benzene rings is 2. The smallest absolute Gasteiger partial charge is 0.145 e. The van der Waals surface area contributed by atoms with Crippen molar-refractivity contribution in [1.29, 1.82) is 0 Å². The Kier molecular flexibility index (Phi) is 5.61. The summed E-state index contributed by atoms with van der Waals surface area (Å²) in [4.78, 5) is 12.7. The lowest BCUT2D eigenvalue weighted by molar-refractivity contribution is 0.419. The Labute approximate surface area is 156 Å². The van der Waals surface area contributed by atoms with E-state index in [1.54, 1.807) is 32.5 Å². The van der Waals surface area contributed by atoms with Gasteiger partial charge in [0.25, 0.3) is 0 Å². The number of fused-ring (bicyclic) bond motifs is 1. The number of aliphatic imine (C=N–C) groups is 1. The van der Waals surface area contributed by atoms with E-state index in [4.69, 9.17) is 10.5 Å². The molecule has 0 bridgehead atoms. The lowest BCUT2D eigenvalue weighted by atomic mass is 10.0. The van der Waals surface area contributed by atoms with Gasteiger partial charge < -0.3 is 15.8 Å². The van der Waals surface area contributed by atoms with Crippen molar-refractivity contribution in [2.45, 2.75) is 0 Å². The van der Waals surface area contributed by atoms with Crippen LogP contribution in [0.3, 0.4) is 0 Å². The second-order valence-electron chi connectivity index (χ2n) is 5.79. The van der Waals surface area contributed by atoms with E-state index in [9.17, 15) is 4.39 Å². The summed E-state index contributed by atoms with van der Waals surface area (Å²) in [6.45, 7) is 0.461. The van der Waals surface area contributed by atoms with Crippen molar-refractivity contribution in [3.63, 3.8) is 0 Å². The van der Waals surface area contributed by atoms with Crippen LogP contribution in [0.1, 0.15) is 0 Å². The number of rotatable bonds is 6. The van der Waals surface area contributed by atoms with Crippen LogP contribution >= 0.6 is 0 Å². The summed E-state index contributed by atoms with van der Waals surface area (Å²) in [5, 5.41) is 4.05. The molecule has 0 amide bonds. The Hall–Kier alpha value is -3.48. The molecule has 138 valence electrons. The van der Waals surface area contributed by atoms with Gasteiger partial charge in [0.1, 0.15) is 29.2 Å². The number of aromatic nitrogens is 2. The first-order valence-electron chi connectivity index (χ1n) is 8.31. The molecule has 2 aromatic carbocycles. The Morgan fingerprint density at radius 3 is 2.67 bits per heavy atom. The van der Waals surface area contributed by atoms with Crippen molar-refractivity contribution in [1.82, 2.24) is 9.97 Å². The predicted octanol–water partition coefficient (Wildman–Crippen LogP) is 3.40. The summed E-state index contributed by atoms with van der Waals surface area (Å²) in [7, 11) is 3.27. The van der Waals surface area contributed by atoms with Crippen molar-refractivity contribution >= 4 is 22.9 Å². The first-order valence-corrected chi connectivity index (χ1v) is 8.31. The standard InChI is InChI=1S/C20H20FN5O/c1-23-10-13(9-22)11-24-20-17-7-15(14-3-5-16(21)6-4-14)8-18(27-2)19(17)25-12-26-20/h3-10,12H,11,22H2,1-2H3,(H,24,25,26)/b13-9+,23-10?. The van der Waals surface area contributed by atoms with Gasteiger partial charge in [0.15, 0.2) is 0 Å². The number of nitrogens with two attached hydrogens (primary N) is 1. The monoisotopic (exact) mass is 365 g/mol. The van der Waals surface area contributed by atoms with E-state index in [-0.39, 0.29) is 5.82 Å². The molecule has 3 N–H and O–H groups in total. The third-order valence-electron chi connectivity index (χ3n) is 4.07. The van der Waals surface area contributed by atoms with E-state index in [0.29, 0.717) is 23.6 Å². The minimum atomic E-state index is -0.282. The van der Waals surface area contributed by atoms with Crippen LogP contribution in [0, 0.1) is 5.82 Å². The fourth-order valence-electron chi connectivity index (χ4n) is 2.74. The fraction of sp³-hybridized carbons (Fsp3) is 0.150. The van der Waals surface area contributed by atoms with Gasteiger partial charge in [0.05, 0.1) is 7.11 Å². The average Bonchev–Trinajstić information content (AvgIpc) is 2.70. The largest absolute Gasteiger partial charge is 0.494 e. The topological polar surface area (TPSA) is 85.4 Å². The highest BCUT2D eigenvalue weighted by molar-refractivity contribution is 5.96. The van der Waals surface area contributed by atoms with Gasteiger partial charge in [0.2, 0.25) is 0 Å². The maximum Gasteiger partial charge on any atom is 0.145 e. The zero-order valence-electron chi connectivity index (χ0n) is 15.1. The van der Waals surface area contributed by atoms with Gasteiger partial charge in [-0.1, -0.05) is 12.1 Å². The van der Waals surface area contributed by atoms with Crippen LogP contribution in [0.2, 0.25) is 0 Å². The molecule has 7 heteroatoms. The van der Waals surface area contributed by atoms with Crippen molar-refractivity contribution in [3.05, 3.63) is 60.3 Å². The molecular formula is C20H20FN5O. The summed E-state index contributed by atoms with van der Waals surface area (Å²) < 4.78 is 18.8. The van der Waals surface area contributed by atoms with Gasteiger partial charge in [-0.25, -0.2) is 14.4 Å². The summed E-state index contributed by atoms with van der Waals surface area (Å²) in [5.41, 5.74) is 8.87. The summed E-state index contributed by atoms with van der Waals surface area (Å²) in [6, 6.07) is 10.1. The molecular weight excluding hydrogens is 345 g/mol. The predicted molar refractivity (Wildman–Crippen MR) is 107 cm³/mol. The number of nitrogens with zero attached hydrogens (tertiary/aromatic N) is 3. The first kappa shape index (κ1) is 18.3. The number of methoxy groups -OCH3 is 1. The molecule has 3 rings (SSSR count). The van der Waals surface area contributed by atoms with Crippen molar-refractivity contribution < 1.29 is 9.13 Å². The van der Waals surface area contributed by atoms with Crippen molar-refractivity contribution in [2.24, 2.45) is 10.7 Å². The van der Waals surface area contributed by atoms with Gasteiger partial charge in [-0.3, -0.25) is 4.99 Å². The molecule has 0 aliphatic rings. The second-order valence-corrected chi connectivity index (χ2v) is 5.79. The summed E-state index contributed by atoms with van der Waals surface area (Å²) in [6.07, 6.45) is 4.65. The number of halogens is 1. The Morgan fingerprint density at radius 1 is 1.22 bits per heavy atom. The molecule has 27 heavy (non-hydrogen) atoms. The molecule has 0 saturated heterocycles. The molecule has 0 aliphatic heterocycles. The molecule has 1 heterocycles. The quantitative estimate of drug-likeness (QED) is 0.654. The van der Waals surface area contributed by atoms with E-state index in [1.807, 2.05) is 12.1 Å². The molecule has 0 unspecified atom stereocenters. The molecule has 6 nitrogen and oxygen atoms in total. The molecule has 0 spiro atoms. The van der Waals surface area contributed by atoms with Gasteiger partial charge in [-0.05, 0) is 35.4 Å². The van der Waals surface area contributed by atoms with E-state index >= 15 is 0 Å². The molecule has 0 fully saturated rings. The van der Waals surface area contributed by atoms with E-state index in [0.717, 1.165) is 22.1 Å². The number of nitrogens with one attached hydrogen (secondary N) is 1. The van der Waals surface area contributed by atoms with Gasteiger partial charge in [-0.2, -0.15) is 0 Å². The highest BCUT2D eigenvalue weighted by Crippen LogP contribution is 2.34. The van der Waals surface area contributed by atoms with Gasteiger partial charge in [0, 0.05) is 37.0 Å². The van der Waals surface area contributed by atoms with Crippen LogP contribution < -0.4 is 15.8 Å². The van der Waals surface area contributed by atoms with E-state index < -0.39 is 0 Å². The van der Waals surface area contributed by atoms with Gasteiger partial charge in [-0.15, -0.1) is 0 Å². The third-order valence-corrected chi connectivity index (χ3v) is 4.07. The Balaban J connectivity index is 2.07. The minimum absolute atomic E-state index is 0.282. The number of hydrogen-bond acceptors (Lipinski definition) is 6. The number of ether oxygens (including phenoxy) is 1. The van der Waals surface area contributed by atoms with Gasteiger partial charge >= 0.3 is 0 Å². The highest BCUT2D eigenvalue weighted by atomic mass is 19.1. The van der Waals surface area contributed by atoms with E-state index in [2.05, 4.69) is 20.3 Å². The maximum absolute atomic E-state index is 13.3. The molecule has 0 saturated carbocycles.